The predicted molar refractivity (Wildman–Crippen MR) is 72.4 cm³/mol. The van der Waals surface area contributed by atoms with Gasteiger partial charge in [0, 0.05) is 13.1 Å². The minimum atomic E-state index is -5.34. The van der Waals surface area contributed by atoms with Gasteiger partial charge in [-0.1, -0.05) is 26.2 Å². The van der Waals surface area contributed by atoms with Crippen LogP contribution < -0.4 is 5.14 Å². The van der Waals surface area contributed by atoms with E-state index in [0.29, 0.717) is 0 Å². The number of unbranched alkanes of at least 4 members (excludes halogenated alkanes) is 3. The van der Waals surface area contributed by atoms with Gasteiger partial charge < -0.3 is 0 Å². The summed E-state index contributed by atoms with van der Waals surface area (Å²) in [5.74, 6) is 0. The first-order valence-electron chi connectivity index (χ1n) is 6.58. The van der Waals surface area contributed by atoms with Crippen molar-refractivity contribution in [1.82, 2.24) is 9.80 Å². The molecule has 0 atom stereocenters. The summed E-state index contributed by atoms with van der Waals surface area (Å²) in [5.41, 5.74) is -5.31. The lowest BCUT2D eigenvalue weighted by Gasteiger charge is -2.14. The first-order chi connectivity index (χ1) is 9.08. The maximum Gasteiger partial charge on any atom is 0.511 e. The number of hydrogen-bond acceptors (Lipinski definition) is 4. The average Bonchev–Trinajstić information content (AvgIpc) is 2.69. The van der Waals surface area contributed by atoms with E-state index in [9.17, 15) is 21.6 Å². The van der Waals surface area contributed by atoms with Crippen molar-refractivity contribution in [2.24, 2.45) is 5.14 Å². The van der Waals surface area contributed by atoms with Crippen LogP contribution in [0.4, 0.5) is 13.2 Å². The molecular weight excluding hydrogens is 295 g/mol. The summed E-state index contributed by atoms with van der Waals surface area (Å²) in [6, 6.07) is 0. The van der Waals surface area contributed by atoms with E-state index in [1.54, 1.807) is 0 Å². The largest absolute Gasteiger partial charge is 0.511 e. The molecule has 1 aliphatic heterocycles. The van der Waals surface area contributed by atoms with Crippen LogP contribution >= 0.6 is 0 Å². The van der Waals surface area contributed by atoms with Gasteiger partial charge in [0.2, 0.25) is 0 Å². The van der Waals surface area contributed by atoms with Crippen molar-refractivity contribution in [2.75, 3.05) is 33.4 Å². The maximum absolute atomic E-state index is 10.8. The van der Waals surface area contributed by atoms with E-state index in [1.807, 2.05) is 0 Å². The zero-order valence-electron chi connectivity index (χ0n) is 12.0. The second kappa shape index (κ2) is 8.81. The Labute approximate surface area is 119 Å². The number of primary sulfonamides is 1. The molecule has 0 aromatic carbocycles. The third-order valence-corrected chi connectivity index (χ3v) is 3.54. The molecule has 1 aliphatic rings. The first kappa shape index (κ1) is 19.6. The second-order valence-corrected chi connectivity index (χ2v) is 6.44. The third-order valence-electron chi connectivity index (χ3n) is 2.89. The molecule has 1 fully saturated rings. The minimum Gasteiger partial charge on any atom is -0.292 e. The number of sulfonamides is 1. The lowest BCUT2D eigenvalue weighted by molar-refractivity contribution is -0.0436. The van der Waals surface area contributed by atoms with Gasteiger partial charge in [-0.2, -0.15) is 13.2 Å². The van der Waals surface area contributed by atoms with Crippen LogP contribution in [0.5, 0.6) is 0 Å². The van der Waals surface area contributed by atoms with Gasteiger partial charge in [0.1, 0.15) is 0 Å². The third kappa shape index (κ3) is 8.72. The molecular formula is C11H24F3N3O2S. The van der Waals surface area contributed by atoms with Crippen LogP contribution in [0.2, 0.25) is 0 Å². The fraction of sp³-hybridized carbons (Fsp3) is 1.00. The summed E-state index contributed by atoms with van der Waals surface area (Å²) in [5, 5.41) is 3.66. The Kier molecular flexibility index (Phi) is 8.64. The molecule has 0 aromatic heterocycles. The lowest BCUT2D eigenvalue weighted by Crippen LogP contribution is -2.30. The fourth-order valence-electron chi connectivity index (χ4n) is 1.74. The molecule has 0 spiro atoms. The fourth-order valence-corrected chi connectivity index (χ4v) is 1.74. The normalized spacial score (nSPS) is 17.9. The van der Waals surface area contributed by atoms with E-state index in [2.05, 4.69) is 28.9 Å². The lowest BCUT2D eigenvalue weighted by atomic mass is 10.2. The molecule has 1 heterocycles. The van der Waals surface area contributed by atoms with Crippen molar-refractivity contribution in [3.8, 4) is 0 Å². The highest BCUT2D eigenvalue weighted by Gasteiger charge is 2.42. The summed E-state index contributed by atoms with van der Waals surface area (Å²) in [4.78, 5) is 4.94. The maximum atomic E-state index is 10.8. The van der Waals surface area contributed by atoms with Crippen molar-refractivity contribution in [3.05, 3.63) is 0 Å². The molecule has 0 saturated carbocycles. The monoisotopic (exact) mass is 319 g/mol. The van der Waals surface area contributed by atoms with Gasteiger partial charge in [0.25, 0.3) is 0 Å². The molecule has 0 aliphatic carbocycles. The van der Waals surface area contributed by atoms with Crippen molar-refractivity contribution in [1.29, 1.82) is 0 Å². The molecule has 20 heavy (non-hydrogen) atoms. The quantitative estimate of drug-likeness (QED) is 0.781. The van der Waals surface area contributed by atoms with Gasteiger partial charge in [0.05, 0.1) is 6.67 Å². The van der Waals surface area contributed by atoms with Gasteiger partial charge in [-0.15, -0.1) is 0 Å². The molecule has 0 aromatic rings. The highest BCUT2D eigenvalue weighted by Crippen LogP contribution is 2.18. The summed E-state index contributed by atoms with van der Waals surface area (Å²) in [6.07, 6.45) is 5.56. The van der Waals surface area contributed by atoms with Crippen LogP contribution in [0.25, 0.3) is 0 Å². The zero-order chi connectivity index (χ0) is 15.8. The van der Waals surface area contributed by atoms with Crippen LogP contribution in [-0.2, 0) is 10.0 Å². The molecule has 5 nitrogen and oxygen atoms in total. The average molecular weight is 319 g/mol. The summed E-state index contributed by atoms with van der Waals surface area (Å²) in [6.45, 7) is 7.30. The van der Waals surface area contributed by atoms with Crippen LogP contribution in [0.15, 0.2) is 0 Å². The number of alkyl halides is 3. The van der Waals surface area contributed by atoms with Crippen LogP contribution in [-0.4, -0.2) is 57.1 Å². The second-order valence-electron chi connectivity index (χ2n) is 4.89. The Morgan fingerprint density at radius 2 is 1.70 bits per heavy atom. The van der Waals surface area contributed by atoms with Crippen LogP contribution in [0.1, 0.15) is 32.6 Å². The van der Waals surface area contributed by atoms with E-state index < -0.39 is 15.5 Å². The Hall–Kier alpha value is -0.380. The van der Waals surface area contributed by atoms with E-state index in [-0.39, 0.29) is 0 Å². The summed E-state index contributed by atoms with van der Waals surface area (Å²) in [7, 11) is -3.14. The van der Waals surface area contributed by atoms with E-state index in [1.165, 1.54) is 52.0 Å². The molecule has 122 valence electrons. The molecule has 1 rings (SSSR count). The highest BCUT2D eigenvalue weighted by atomic mass is 32.2. The molecule has 0 bridgehead atoms. The predicted octanol–water partition coefficient (Wildman–Crippen LogP) is 1.57. The number of hydrogen-bond donors (Lipinski definition) is 1. The van der Waals surface area contributed by atoms with Gasteiger partial charge in [0.15, 0.2) is 0 Å². The SMILES string of the molecule is CCCCCCN1CCN(C)C1.NS(=O)(=O)C(F)(F)F. The van der Waals surface area contributed by atoms with Gasteiger partial charge in [-0.3, -0.25) is 9.80 Å². The van der Waals surface area contributed by atoms with Crippen molar-refractivity contribution < 1.29 is 21.6 Å². The number of nitrogens with zero attached hydrogens (tertiary/aromatic N) is 2. The number of halogens is 3. The Morgan fingerprint density at radius 1 is 1.15 bits per heavy atom. The van der Waals surface area contributed by atoms with Crippen molar-refractivity contribution in [2.45, 2.75) is 38.1 Å². The van der Waals surface area contributed by atoms with Crippen LogP contribution in [0.3, 0.4) is 0 Å². The number of nitrogens with two attached hydrogens (primary N) is 1. The molecule has 0 unspecified atom stereocenters. The molecule has 9 heteroatoms. The molecule has 1 saturated heterocycles. The van der Waals surface area contributed by atoms with Gasteiger partial charge in [-0.05, 0) is 20.0 Å². The summed E-state index contributed by atoms with van der Waals surface area (Å²) >= 11 is 0. The Morgan fingerprint density at radius 3 is 2.05 bits per heavy atom. The van der Waals surface area contributed by atoms with Gasteiger partial charge in [-0.25, -0.2) is 13.6 Å². The molecule has 0 radical (unpaired) electrons. The topological polar surface area (TPSA) is 66.6 Å². The van der Waals surface area contributed by atoms with Gasteiger partial charge >= 0.3 is 15.5 Å². The number of likely N-dealkylation sites (N-methyl/N-ethyl adjacent to an activating group) is 1. The van der Waals surface area contributed by atoms with E-state index in [0.717, 1.165) is 0 Å². The smallest absolute Gasteiger partial charge is 0.292 e. The summed E-state index contributed by atoms with van der Waals surface area (Å²) < 4.78 is 51.2. The number of rotatable bonds is 5. The Balaban J connectivity index is 0.000000396. The minimum absolute atomic E-state index is 1.19. The first-order valence-corrected chi connectivity index (χ1v) is 8.12. The highest BCUT2D eigenvalue weighted by molar-refractivity contribution is 7.90. The van der Waals surface area contributed by atoms with Crippen LogP contribution in [0, 0.1) is 0 Å². The zero-order valence-corrected chi connectivity index (χ0v) is 12.8. The van der Waals surface area contributed by atoms with E-state index >= 15 is 0 Å². The van der Waals surface area contributed by atoms with Crippen molar-refractivity contribution >= 4 is 10.0 Å². The van der Waals surface area contributed by atoms with E-state index in [4.69, 9.17) is 0 Å². The standard InChI is InChI=1S/C10H22N2.CH2F3NO2S/c1-3-4-5-6-7-12-9-8-11(2)10-12;2-1(3,4)8(5,6)7/h3-10H2,1-2H3;(H2,5,6,7). The van der Waals surface area contributed by atoms with Crippen molar-refractivity contribution in [3.63, 3.8) is 0 Å². The Bertz CT molecular complexity index is 360. The molecule has 2 N–H and O–H groups in total. The molecule has 0 amide bonds.